The van der Waals surface area contributed by atoms with Crippen LogP contribution in [0.1, 0.15) is 70.6 Å². The molecule has 1 heterocycles. The van der Waals surface area contributed by atoms with Crippen LogP contribution in [-0.2, 0) is 9.59 Å². The molecule has 6 rings (SSSR count). The highest BCUT2D eigenvalue weighted by atomic mass is 16.2. The number of amides is 3. The lowest BCUT2D eigenvalue weighted by molar-refractivity contribution is -0.147. The van der Waals surface area contributed by atoms with Gasteiger partial charge in [-0.1, -0.05) is 19.3 Å². The van der Waals surface area contributed by atoms with Crippen molar-refractivity contribution in [1.29, 1.82) is 0 Å². The Morgan fingerprint density at radius 3 is 2.08 bits per heavy atom. The largest absolute Gasteiger partial charge is 0.325 e. The minimum atomic E-state index is -0.711. The van der Waals surface area contributed by atoms with Gasteiger partial charge in [-0.15, -0.1) is 0 Å². The molecule has 25 heavy (non-hydrogen) atoms. The average Bonchev–Trinajstić information content (AvgIpc) is 2.78. The van der Waals surface area contributed by atoms with Gasteiger partial charge in [-0.05, 0) is 69.1 Å². The van der Waals surface area contributed by atoms with E-state index in [0.717, 1.165) is 51.4 Å². The number of imide groups is 1. The zero-order valence-electron chi connectivity index (χ0n) is 14.9. The summed E-state index contributed by atoms with van der Waals surface area (Å²) in [5.41, 5.74) is -0.950. The molecule has 5 aliphatic carbocycles. The molecule has 5 nitrogen and oxygen atoms in total. The molecule has 4 bridgehead atoms. The summed E-state index contributed by atoms with van der Waals surface area (Å²) in [5.74, 6) is 2.10. The molecule has 6 fully saturated rings. The fourth-order valence-corrected chi connectivity index (χ4v) is 7.08. The molecule has 5 saturated carbocycles. The molecule has 0 radical (unpaired) electrons. The molecule has 5 heteroatoms. The third kappa shape index (κ3) is 2.30. The first kappa shape index (κ1) is 15.8. The molecular weight excluding hydrogens is 316 g/mol. The lowest BCUT2D eigenvalue weighted by Gasteiger charge is -2.56. The Labute approximate surface area is 148 Å². The smallest absolute Gasteiger partial charge is 0.323 e. The third-order valence-electron chi connectivity index (χ3n) is 7.88. The van der Waals surface area contributed by atoms with Crippen molar-refractivity contribution in [3.8, 4) is 0 Å². The number of hydrogen-bond donors (Lipinski definition) is 1. The first-order valence-electron chi connectivity index (χ1n) is 10.2. The van der Waals surface area contributed by atoms with Crippen LogP contribution in [0.2, 0.25) is 0 Å². The van der Waals surface area contributed by atoms with Gasteiger partial charge in [0.25, 0.3) is 5.91 Å². The second-order valence-corrected chi connectivity index (χ2v) is 9.59. The van der Waals surface area contributed by atoms with E-state index < -0.39 is 5.54 Å². The van der Waals surface area contributed by atoms with E-state index in [2.05, 4.69) is 5.32 Å². The van der Waals surface area contributed by atoms with Crippen LogP contribution >= 0.6 is 0 Å². The molecule has 6 aliphatic rings. The van der Waals surface area contributed by atoms with Crippen LogP contribution in [-0.4, -0.2) is 34.7 Å². The van der Waals surface area contributed by atoms with Crippen LogP contribution in [0.5, 0.6) is 0 Å². The Bertz CT molecular complexity index is 600. The van der Waals surface area contributed by atoms with Crippen LogP contribution in [0.25, 0.3) is 0 Å². The van der Waals surface area contributed by atoms with Gasteiger partial charge in [0.1, 0.15) is 5.54 Å². The summed E-state index contributed by atoms with van der Waals surface area (Å²) < 4.78 is 0. The number of hydrogen-bond acceptors (Lipinski definition) is 3. The lowest BCUT2D eigenvalue weighted by atomic mass is 9.48. The average molecular weight is 344 g/mol. The quantitative estimate of drug-likeness (QED) is 0.800. The highest BCUT2D eigenvalue weighted by Crippen LogP contribution is 2.60. The molecule has 0 atom stereocenters. The number of Topliss-reactive ketones (excluding diaryl/α,β-unsaturated/α-hetero) is 1. The van der Waals surface area contributed by atoms with Gasteiger partial charge in [-0.25, -0.2) is 4.79 Å². The van der Waals surface area contributed by atoms with Crippen molar-refractivity contribution < 1.29 is 14.4 Å². The molecule has 0 unspecified atom stereocenters. The summed E-state index contributed by atoms with van der Waals surface area (Å²) in [6.07, 6.45) is 11.4. The van der Waals surface area contributed by atoms with E-state index in [-0.39, 0.29) is 29.7 Å². The van der Waals surface area contributed by atoms with Gasteiger partial charge >= 0.3 is 6.03 Å². The van der Waals surface area contributed by atoms with Crippen LogP contribution in [0.3, 0.4) is 0 Å². The summed E-state index contributed by atoms with van der Waals surface area (Å²) >= 11 is 0. The van der Waals surface area contributed by atoms with E-state index in [1.807, 2.05) is 0 Å². The van der Waals surface area contributed by atoms with Crippen LogP contribution in [0, 0.1) is 23.2 Å². The summed E-state index contributed by atoms with van der Waals surface area (Å²) in [4.78, 5) is 39.9. The lowest BCUT2D eigenvalue weighted by Crippen LogP contribution is -2.53. The first-order valence-corrected chi connectivity index (χ1v) is 10.2. The second-order valence-electron chi connectivity index (χ2n) is 9.59. The molecule has 1 aliphatic heterocycles. The summed E-state index contributed by atoms with van der Waals surface area (Å²) in [6, 6.07) is -0.343. The number of carbonyl (C=O) groups excluding carboxylic acids is 3. The number of urea groups is 1. The number of carbonyl (C=O) groups is 3. The van der Waals surface area contributed by atoms with Gasteiger partial charge in [0.2, 0.25) is 0 Å². The van der Waals surface area contributed by atoms with Crippen molar-refractivity contribution in [3.63, 3.8) is 0 Å². The van der Waals surface area contributed by atoms with Crippen molar-refractivity contribution in [1.82, 2.24) is 10.2 Å². The van der Waals surface area contributed by atoms with E-state index >= 15 is 0 Å². The minimum Gasteiger partial charge on any atom is -0.323 e. The molecule has 1 spiro atoms. The SMILES string of the molecule is O=C1NC2(CCCCC2)C(=O)N1CC(=O)C12CC3CC(CC(C3)C1)C2. The summed E-state index contributed by atoms with van der Waals surface area (Å²) in [5, 5.41) is 2.93. The first-order chi connectivity index (χ1) is 12.0. The fourth-order valence-electron chi connectivity index (χ4n) is 7.08. The standard InChI is InChI=1S/C20H28N2O3/c23-16(19-9-13-6-14(10-19)8-15(7-13)11-19)12-22-17(24)20(21-18(22)25)4-2-1-3-5-20/h13-15H,1-12H2,(H,21,25). The van der Waals surface area contributed by atoms with E-state index in [0.29, 0.717) is 17.8 Å². The molecule has 1 saturated heterocycles. The van der Waals surface area contributed by atoms with Gasteiger partial charge in [0, 0.05) is 5.41 Å². The van der Waals surface area contributed by atoms with Crippen molar-refractivity contribution in [2.45, 2.75) is 76.2 Å². The van der Waals surface area contributed by atoms with Crippen molar-refractivity contribution >= 4 is 17.7 Å². The van der Waals surface area contributed by atoms with Crippen LogP contribution in [0.15, 0.2) is 0 Å². The zero-order chi connectivity index (χ0) is 17.2. The second kappa shape index (κ2) is 5.31. The maximum Gasteiger partial charge on any atom is 0.325 e. The maximum atomic E-state index is 13.2. The van der Waals surface area contributed by atoms with Crippen molar-refractivity contribution in [2.24, 2.45) is 23.2 Å². The number of rotatable bonds is 3. The van der Waals surface area contributed by atoms with Crippen molar-refractivity contribution in [3.05, 3.63) is 0 Å². The van der Waals surface area contributed by atoms with Crippen LogP contribution < -0.4 is 5.32 Å². The van der Waals surface area contributed by atoms with E-state index in [1.165, 1.54) is 24.2 Å². The Hall–Kier alpha value is -1.39. The number of nitrogens with zero attached hydrogens (tertiary/aromatic N) is 1. The van der Waals surface area contributed by atoms with Crippen LogP contribution in [0.4, 0.5) is 4.79 Å². The molecule has 0 aromatic carbocycles. The van der Waals surface area contributed by atoms with Gasteiger partial charge in [0.05, 0.1) is 6.54 Å². The van der Waals surface area contributed by atoms with E-state index in [9.17, 15) is 14.4 Å². The molecule has 136 valence electrons. The van der Waals surface area contributed by atoms with Gasteiger partial charge in [-0.2, -0.15) is 0 Å². The number of ketones is 1. The van der Waals surface area contributed by atoms with Gasteiger partial charge in [0.15, 0.2) is 5.78 Å². The predicted octanol–water partition coefficient (Wildman–Crippen LogP) is 3.03. The predicted molar refractivity (Wildman–Crippen MR) is 91.7 cm³/mol. The fraction of sp³-hybridized carbons (Fsp3) is 0.850. The van der Waals surface area contributed by atoms with Crippen molar-refractivity contribution in [2.75, 3.05) is 6.54 Å². The highest BCUT2D eigenvalue weighted by Gasteiger charge is 2.57. The van der Waals surface area contributed by atoms with E-state index in [1.54, 1.807) is 0 Å². The Balaban J connectivity index is 1.34. The summed E-state index contributed by atoms with van der Waals surface area (Å²) in [6.45, 7) is -0.00141. The third-order valence-corrected chi connectivity index (χ3v) is 7.88. The Morgan fingerprint density at radius 2 is 1.52 bits per heavy atom. The zero-order valence-corrected chi connectivity index (χ0v) is 14.9. The highest BCUT2D eigenvalue weighted by molar-refractivity contribution is 6.09. The molecule has 3 amide bonds. The van der Waals surface area contributed by atoms with Gasteiger partial charge in [-0.3, -0.25) is 14.5 Å². The minimum absolute atomic E-state index is 0.00141. The topological polar surface area (TPSA) is 66.5 Å². The summed E-state index contributed by atoms with van der Waals surface area (Å²) in [7, 11) is 0. The molecule has 0 aromatic heterocycles. The Kier molecular flexibility index (Phi) is 3.36. The molecule has 1 N–H and O–H groups in total. The molecule has 0 aromatic rings. The van der Waals surface area contributed by atoms with E-state index in [4.69, 9.17) is 0 Å². The van der Waals surface area contributed by atoms with Gasteiger partial charge < -0.3 is 5.32 Å². The number of nitrogens with one attached hydrogen (secondary N) is 1. The molecular formula is C20H28N2O3. The Morgan fingerprint density at radius 1 is 0.960 bits per heavy atom. The monoisotopic (exact) mass is 344 g/mol. The normalized spacial score (nSPS) is 41.4. The maximum absolute atomic E-state index is 13.2.